The summed E-state index contributed by atoms with van der Waals surface area (Å²) in [6, 6.07) is 6.00. The van der Waals surface area contributed by atoms with E-state index in [9.17, 15) is 18.0 Å². The van der Waals surface area contributed by atoms with Gasteiger partial charge in [0.25, 0.3) is 0 Å². The van der Waals surface area contributed by atoms with Crippen molar-refractivity contribution in [2.45, 2.75) is 17.7 Å². The number of rotatable bonds is 7. The van der Waals surface area contributed by atoms with Gasteiger partial charge >= 0.3 is 11.8 Å². The lowest BCUT2D eigenvalue weighted by Crippen LogP contribution is -2.41. The molecule has 2 amide bonds. The van der Waals surface area contributed by atoms with Crippen LogP contribution in [0.15, 0.2) is 29.2 Å². The molecule has 0 heterocycles. The molecule has 1 aromatic rings. The topological polar surface area (TPSA) is 118 Å². The minimum Gasteiger partial charge on any atom is -0.348 e. The fourth-order valence-electron chi connectivity index (χ4n) is 1.60. The second-order valence-electron chi connectivity index (χ2n) is 4.49. The number of carbonyl (C=O) groups is 2. The van der Waals surface area contributed by atoms with Gasteiger partial charge in [-0.2, -0.15) is 0 Å². The Morgan fingerprint density at radius 3 is 2.09 bits per heavy atom. The quantitative estimate of drug-likeness (QED) is 0.357. The highest BCUT2D eigenvalue weighted by Crippen LogP contribution is 2.08. The van der Waals surface area contributed by atoms with E-state index in [-0.39, 0.29) is 11.4 Å². The van der Waals surface area contributed by atoms with Crippen LogP contribution in [-0.2, 0) is 26.0 Å². The highest BCUT2D eigenvalue weighted by molar-refractivity contribution is 7.89. The summed E-state index contributed by atoms with van der Waals surface area (Å²) in [6.07, 6.45) is 1.06. The van der Waals surface area contributed by atoms with Gasteiger partial charge < -0.3 is 10.6 Å². The Kier molecular flexibility index (Phi) is 7.30. The average molecular weight is 348 g/mol. The number of sulfonamides is 1. The van der Waals surface area contributed by atoms with Crippen LogP contribution in [0.25, 0.3) is 0 Å². The van der Waals surface area contributed by atoms with Crippen LogP contribution in [0.1, 0.15) is 12.0 Å². The monoisotopic (exact) mass is 347 g/mol. The van der Waals surface area contributed by atoms with Gasteiger partial charge in [0.15, 0.2) is 0 Å². The third kappa shape index (κ3) is 6.42. The number of nitrogens with two attached hydrogens (primary N) is 1. The molecular formula is C13H18ClN3O4S. The second-order valence-corrected chi connectivity index (χ2v) is 6.43. The van der Waals surface area contributed by atoms with E-state index in [0.29, 0.717) is 25.3 Å². The third-order valence-electron chi connectivity index (χ3n) is 2.75. The highest BCUT2D eigenvalue weighted by Gasteiger charge is 2.12. The van der Waals surface area contributed by atoms with Crippen molar-refractivity contribution in [2.24, 2.45) is 5.14 Å². The molecule has 1 aromatic carbocycles. The number of alkyl halides is 1. The fraction of sp³-hybridized carbons (Fsp3) is 0.385. The summed E-state index contributed by atoms with van der Waals surface area (Å²) in [4.78, 5) is 22.9. The van der Waals surface area contributed by atoms with Crippen molar-refractivity contribution < 1.29 is 18.0 Å². The molecule has 0 spiro atoms. The number of carbonyl (C=O) groups excluding carboxylic acids is 2. The Hall–Kier alpha value is -1.64. The molecule has 9 heteroatoms. The number of nitrogens with one attached hydrogen (secondary N) is 2. The van der Waals surface area contributed by atoms with Crippen molar-refractivity contribution in [3.8, 4) is 0 Å². The van der Waals surface area contributed by atoms with Crippen LogP contribution in [0.5, 0.6) is 0 Å². The van der Waals surface area contributed by atoms with Crippen LogP contribution in [0, 0.1) is 0 Å². The summed E-state index contributed by atoms with van der Waals surface area (Å²) in [7, 11) is -3.71. The lowest BCUT2D eigenvalue weighted by atomic mass is 10.1. The summed E-state index contributed by atoms with van der Waals surface area (Å²) in [5.41, 5.74) is 0.815. The zero-order valence-electron chi connectivity index (χ0n) is 11.8. The molecule has 0 saturated carbocycles. The largest absolute Gasteiger partial charge is 0.348 e. The molecule has 122 valence electrons. The van der Waals surface area contributed by atoms with E-state index in [0.717, 1.165) is 5.56 Å². The van der Waals surface area contributed by atoms with Crippen molar-refractivity contribution >= 4 is 33.4 Å². The van der Waals surface area contributed by atoms with E-state index in [1.807, 2.05) is 0 Å². The Labute approximate surface area is 134 Å². The lowest BCUT2D eigenvalue weighted by molar-refractivity contribution is -0.139. The van der Waals surface area contributed by atoms with Gasteiger partial charge in [0.2, 0.25) is 10.0 Å². The van der Waals surface area contributed by atoms with E-state index >= 15 is 0 Å². The Bertz CT molecular complexity index is 617. The van der Waals surface area contributed by atoms with Crippen LogP contribution in [-0.4, -0.2) is 39.2 Å². The predicted octanol–water partition coefficient (Wildman–Crippen LogP) is -0.262. The summed E-state index contributed by atoms with van der Waals surface area (Å²) in [5.74, 6) is -0.999. The zero-order chi connectivity index (χ0) is 16.6. The van der Waals surface area contributed by atoms with Crippen molar-refractivity contribution in [3.63, 3.8) is 0 Å². The number of halogens is 1. The van der Waals surface area contributed by atoms with Crippen LogP contribution in [0.3, 0.4) is 0 Å². The van der Waals surface area contributed by atoms with E-state index in [1.54, 1.807) is 12.1 Å². The molecule has 0 aliphatic heterocycles. The first-order valence-corrected chi connectivity index (χ1v) is 8.66. The van der Waals surface area contributed by atoms with Gasteiger partial charge in [-0.25, -0.2) is 13.6 Å². The van der Waals surface area contributed by atoms with Crippen molar-refractivity contribution in [3.05, 3.63) is 29.8 Å². The summed E-state index contributed by atoms with van der Waals surface area (Å²) < 4.78 is 22.2. The maximum atomic E-state index is 11.5. The van der Waals surface area contributed by atoms with Crippen molar-refractivity contribution in [1.29, 1.82) is 0 Å². The Balaban J connectivity index is 2.38. The number of hydrogen-bond acceptors (Lipinski definition) is 4. The molecule has 0 saturated heterocycles. The molecule has 0 aliphatic carbocycles. The maximum Gasteiger partial charge on any atom is 0.309 e. The van der Waals surface area contributed by atoms with Crippen LogP contribution >= 0.6 is 11.6 Å². The average Bonchev–Trinajstić information content (AvgIpc) is 2.47. The van der Waals surface area contributed by atoms with Gasteiger partial charge in [-0.3, -0.25) is 9.59 Å². The predicted molar refractivity (Wildman–Crippen MR) is 82.9 cm³/mol. The van der Waals surface area contributed by atoms with Gasteiger partial charge in [0, 0.05) is 19.0 Å². The van der Waals surface area contributed by atoms with Crippen molar-refractivity contribution in [2.75, 3.05) is 19.0 Å². The normalized spacial score (nSPS) is 11.0. The molecule has 0 fully saturated rings. The third-order valence-corrected chi connectivity index (χ3v) is 3.95. The Morgan fingerprint density at radius 2 is 1.59 bits per heavy atom. The van der Waals surface area contributed by atoms with Crippen LogP contribution < -0.4 is 15.8 Å². The van der Waals surface area contributed by atoms with Crippen molar-refractivity contribution in [1.82, 2.24) is 10.6 Å². The standard InChI is InChI=1S/C13H18ClN3O4S/c14-7-1-8-16-12(18)13(19)17-9-6-10-2-4-11(5-3-10)22(15,20)21/h2-5H,1,6-9H2,(H,16,18)(H,17,19)(H2,15,20,21). The smallest absolute Gasteiger partial charge is 0.309 e. The first-order chi connectivity index (χ1) is 10.3. The molecule has 0 radical (unpaired) electrons. The first-order valence-electron chi connectivity index (χ1n) is 6.58. The number of amides is 2. The van der Waals surface area contributed by atoms with Crippen LogP contribution in [0.2, 0.25) is 0 Å². The number of primary sulfonamides is 1. The maximum absolute atomic E-state index is 11.5. The molecular weight excluding hydrogens is 330 g/mol. The van der Waals surface area contributed by atoms with E-state index < -0.39 is 21.8 Å². The molecule has 0 bridgehead atoms. The molecule has 22 heavy (non-hydrogen) atoms. The molecule has 1 rings (SSSR count). The van der Waals surface area contributed by atoms with Gasteiger partial charge in [-0.1, -0.05) is 12.1 Å². The van der Waals surface area contributed by atoms with Gasteiger partial charge in [-0.15, -0.1) is 11.6 Å². The minimum absolute atomic E-state index is 0.0268. The molecule has 0 atom stereocenters. The molecule has 0 aromatic heterocycles. The van der Waals surface area contributed by atoms with E-state index in [2.05, 4.69) is 10.6 Å². The van der Waals surface area contributed by atoms with Gasteiger partial charge in [-0.05, 0) is 30.5 Å². The zero-order valence-corrected chi connectivity index (χ0v) is 13.4. The van der Waals surface area contributed by atoms with E-state index in [1.165, 1.54) is 12.1 Å². The van der Waals surface area contributed by atoms with Gasteiger partial charge in [0.05, 0.1) is 4.90 Å². The lowest BCUT2D eigenvalue weighted by Gasteiger charge is -2.06. The van der Waals surface area contributed by atoms with Gasteiger partial charge in [0.1, 0.15) is 0 Å². The molecule has 0 aliphatic rings. The minimum atomic E-state index is -3.71. The fourth-order valence-corrected chi connectivity index (χ4v) is 2.24. The second kappa shape index (κ2) is 8.72. The highest BCUT2D eigenvalue weighted by atomic mass is 35.5. The number of hydrogen-bond donors (Lipinski definition) is 3. The molecule has 7 nitrogen and oxygen atoms in total. The molecule has 4 N–H and O–H groups in total. The SMILES string of the molecule is NS(=O)(=O)c1ccc(CCNC(=O)C(=O)NCCCCl)cc1. The van der Waals surface area contributed by atoms with E-state index in [4.69, 9.17) is 16.7 Å². The molecule has 0 unspecified atom stereocenters. The van der Waals surface area contributed by atoms with Crippen LogP contribution in [0.4, 0.5) is 0 Å². The summed E-state index contributed by atoms with van der Waals surface area (Å²) >= 11 is 5.46. The summed E-state index contributed by atoms with van der Waals surface area (Å²) in [5, 5.41) is 9.91. The number of benzene rings is 1. The first kappa shape index (κ1) is 18.4. The summed E-state index contributed by atoms with van der Waals surface area (Å²) in [6.45, 7) is 0.612. The Morgan fingerprint density at radius 1 is 1.05 bits per heavy atom.